The van der Waals surface area contributed by atoms with Gasteiger partial charge in [-0.1, -0.05) is 42.3 Å². The number of likely N-dealkylation sites (tertiary alicyclic amines) is 1. The molecule has 2 aromatic carbocycles. The van der Waals surface area contributed by atoms with Crippen molar-refractivity contribution < 1.29 is 9.53 Å². The van der Waals surface area contributed by atoms with Crippen molar-refractivity contribution in [2.24, 2.45) is 5.92 Å². The molecule has 4 rings (SSSR count). The van der Waals surface area contributed by atoms with Crippen LogP contribution in [0.5, 0.6) is 5.75 Å². The second kappa shape index (κ2) is 8.97. The lowest BCUT2D eigenvalue weighted by molar-refractivity contribution is -0.126. The standard InChI is InChI=1S/C23H27ClN2O2/c24-21-8-9-22-19(13-21)12-20(16-28-22)23(27)25-14-17-6-2-3-7-18(17)15-26-10-4-1-5-11-26/h2-3,6-9,13,20H,1,4-5,10-12,14-16H2,(H,25,27)/t20-/m1/s1. The number of ether oxygens (including phenoxy) is 1. The number of nitrogens with one attached hydrogen (secondary N) is 1. The molecule has 2 aliphatic rings. The van der Waals surface area contributed by atoms with Gasteiger partial charge >= 0.3 is 0 Å². The average molecular weight is 399 g/mol. The van der Waals surface area contributed by atoms with Gasteiger partial charge < -0.3 is 10.1 Å². The minimum atomic E-state index is -0.180. The summed E-state index contributed by atoms with van der Waals surface area (Å²) >= 11 is 6.08. The first-order valence-corrected chi connectivity index (χ1v) is 10.5. The number of hydrogen-bond donors (Lipinski definition) is 1. The molecule has 0 saturated carbocycles. The molecule has 0 spiro atoms. The van der Waals surface area contributed by atoms with E-state index in [-0.39, 0.29) is 11.8 Å². The van der Waals surface area contributed by atoms with Gasteiger partial charge in [0.1, 0.15) is 12.4 Å². The van der Waals surface area contributed by atoms with E-state index in [0.29, 0.717) is 24.6 Å². The molecule has 0 radical (unpaired) electrons. The van der Waals surface area contributed by atoms with Crippen molar-refractivity contribution >= 4 is 17.5 Å². The number of carbonyl (C=O) groups is 1. The van der Waals surface area contributed by atoms with Crippen molar-refractivity contribution in [1.82, 2.24) is 10.2 Å². The van der Waals surface area contributed by atoms with Crippen LogP contribution in [0.25, 0.3) is 0 Å². The van der Waals surface area contributed by atoms with Gasteiger partial charge in [-0.2, -0.15) is 0 Å². The van der Waals surface area contributed by atoms with E-state index >= 15 is 0 Å². The lowest BCUT2D eigenvalue weighted by atomic mass is 9.96. The molecule has 1 atom stereocenters. The predicted molar refractivity (Wildman–Crippen MR) is 112 cm³/mol. The van der Waals surface area contributed by atoms with Gasteiger partial charge in [0.15, 0.2) is 0 Å². The third kappa shape index (κ3) is 4.68. The molecule has 0 bridgehead atoms. The highest BCUT2D eigenvalue weighted by molar-refractivity contribution is 6.30. The van der Waals surface area contributed by atoms with E-state index in [1.165, 1.54) is 43.5 Å². The summed E-state index contributed by atoms with van der Waals surface area (Å²) in [5.41, 5.74) is 3.51. The summed E-state index contributed by atoms with van der Waals surface area (Å²) in [7, 11) is 0. The SMILES string of the molecule is O=C(NCc1ccccc1CN1CCCCC1)[C@H]1COc2ccc(Cl)cc2C1. The Balaban J connectivity index is 1.36. The molecule has 148 valence electrons. The molecule has 0 aliphatic carbocycles. The number of piperidine rings is 1. The molecule has 1 saturated heterocycles. The third-order valence-electron chi connectivity index (χ3n) is 5.71. The quantitative estimate of drug-likeness (QED) is 0.820. The topological polar surface area (TPSA) is 41.6 Å². The van der Waals surface area contributed by atoms with Crippen LogP contribution in [-0.2, 0) is 24.3 Å². The minimum absolute atomic E-state index is 0.0402. The molecule has 2 heterocycles. The Morgan fingerprint density at radius 2 is 1.89 bits per heavy atom. The van der Waals surface area contributed by atoms with Crippen LogP contribution < -0.4 is 10.1 Å². The van der Waals surface area contributed by atoms with E-state index in [1.807, 2.05) is 24.3 Å². The molecule has 1 N–H and O–H groups in total. The fourth-order valence-electron chi connectivity index (χ4n) is 4.10. The summed E-state index contributed by atoms with van der Waals surface area (Å²) in [4.78, 5) is 15.2. The molecule has 1 amide bonds. The third-order valence-corrected chi connectivity index (χ3v) is 5.95. The molecule has 0 aromatic heterocycles. The molecule has 0 unspecified atom stereocenters. The zero-order valence-corrected chi connectivity index (χ0v) is 16.9. The number of carbonyl (C=O) groups excluding carboxylic acids is 1. The van der Waals surface area contributed by atoms with Crippen LogP contribution in [0.1, 0.15) is 36.0 Å². The zero-order valence-electron chi connectivity index (χ0n) is 16.1. The molecular weight excluding hydrogens is 372 g/mol. The maximum Gasteiger partial charge on any atom is 0.227 e. The first kappa shape index (κ1) is 19.3. The number of nitrogens with zero attached hydrogens (tertiary/aromatic N) is 1. The lowest BCUT2D eigenvalue weighted by Gasteiger charge is -2.27. The normalized spacial score (nSPS) is 19.5. The van der Waals surface area contributed by atoms with Gasteiger partial charge in [-0.3, -0.25) is 9.69 Å². The van der Waals surface area contributed by atoms with Crippen LogP contribution >= 0.6 is 11.6 Å². The number of amides is 1. The van der Waals surface area contributed by atoms with Crippen LogP contribution in [0.4, 0.5) is 0 Å². The van der Waals surface area contributed by atoms with Crippen molar-refractivity contribution in [2.45, 2.75) is 38.8 Å². The summed E-state index contributed by atoms with van der Waals surface area (Å²) in [6, 6.07) is 14.0. The molecule has 4 nitrogen and oxygen atoms in total. The van der Waals surface area contributed by atoms with Crippen LogP contribution in [0, 0.1) is 5.92 Å². The van der Waals surface area contributed by atoms with Crippen molar-refractivity contribution in [3.63, 3.8) is 0 Å². The first-order chi connectivity index (χ1) is 13.7. The number of fused-ring (bicyclic) bond motifs is 1. The largest absolute Gasteiger partial charge is 0.492 e. The number of rotatable bonds is 5. The molecule has 1 fully saturated rings. The van der Waals surface area contributed by atoms with Gasteiger partial charge in [0.05, 0.1) is 5.92 Å². The molecule has 28 heavy (non-hydrogen) atoms. The van der Waals surface area contributed by atoms with E-state index in [0.717, 1.165) is 17.9 Å². The smallest absolute Gasteiger partial charge is 0.227 e. The van der Waals surface area contributed by atoms with Crippen LogP contribution in [0.2, 0.25) is 5.02 Å². The Kier molecular flexibility index (Phi) is 6.18. The first-order valence-electron chi connectivity index (χ1n) is 10.2. The van der Waals surface area contributed by atoms with Gasteiger partial charge in [-0.15, -0.1) is 0 Å². The molecule has 2 aromatic rings. The van der Waals surface area contributed by atoms with E-state index < -0.39 is 0 Å². The summed E-state index contributed by atoms with van der Waals surface area (Å²) in [6.45, 7) is 4.27. The van der Waals surface area contributed by atoms with Gasteiger partial charge in [0, 0.05) is 18.1 Å². The Bertz CT molecular complexity index is 833. The lowest BCUT2D eigenvalue weighted by Crippen LogP contribution is -2.37. The molecule has 2 aliphatic heterocycles. The van der Waals surface area contributed by atoms with E-state index in [2.05, 4.69) is 28.4 Å². The maximum atomic E-state index is 12.7. The average Bonchev–Trinajstić information content (AvgIpc) is 2.73. The zero-order chi connectivity index (χ0) is 19.3. The van der Waals surface area contributed by atoms with Gasteiger partial charge in [-0.05, 0) is 67.2 Å². The summed E-state index contributed by atoms with van der Waals surface area (Å²) in [6.07, 6.45) is 4.57. The van der Waals surface area contributed by atoms with Crippen molar-refractivity contribution in [3.05, 3.63) is 64.2 Å². The van der Waals surface area contributed by atoms with Crippen LogP contribution in [-0.4, -0.2) is 30.5 Å². The number of benzene rings is 2. The Hall–Kier alpha value is -2.04. The Morgan fingerprint density at radius 3 is 2.71 bits per heavy atom. The van der Waals surface area contributed by atoms with Crippen LogP contribution in [0.3, 0.4) is 0 Å². The second-order valence-electron chi connectivity index (χ2n) is 7.79. The predicted octanol–water partition coefficient (Wildman–Crippen LogP) is 4.19. The highest BCUT2D eigenvalue weighted by Gasteiger charge is 2.26. The Labute approximate surface area is 171 Å². The summed E-state index contributed by atoms with van der Waals surface area (Å²) < 4.78 is 5.76. The maximum absolute atomic E-state index is 12.7. The van der Waals surface area contributed by atoms with Gasteiger partial charge in [0.2, 0.25) is 5.91 Å². The van der Waals surface area contributed by atoms with Crippen molar-refractivity contribution in [1.29, 1.82) is 0 Å². The molecular formula is C23H27ClN2O2. The fourth-order valence-corrected chi connectivity index (χ4v) is 4.30. The molecule has 5 heteroatoms. The number of hydrogen-bond acceptors (Lipinski definition) is 3. The second-order valence-corrected chi connectivity index (χ2v) is 8.22. The highest BCUT2D eigenvalue weighted by atomic mass is 35.5. The fraction of sp³-hybridized carbons (Fsp3) is 0.435. The van der Waals surface area contributed by atoms with E-state index in [4.69, 9.17) is 16.3 Å². The Morgan fingerprint density at radius 1 is 1.11 bits per heavy atom. The summed E-state index contributed by atoms with van der Waals surface area (Å²) in [5.74, 6) is 0.693. The highest BCUT2D eigenvalue weighted by Crippen LogP contribution is 2.30. The van der Waals surface area contributed by atoms with Gasteiger partial charge in [0.25, 0.3) is 0 Å². The minimum Gasteiger partial charge on any atom is -0.492 e. The van der Waals surface area contributed by atoms with E-state index in [9.17, 15) is 4.79 Å². The van der Waals surface area contributed by atoms with E-state index in [1.54, 1.807) is 0 Å². The number of halogens is 1. The monoisotopic (exact) mass is 398 g/mol. The van der Waals surface area contributed by atoms with Gasteiger partial charge in [-0.25, -0.2) is 0 Å². The van der Waals surface area contributed by atoms with Crippen LogP contribution in [0.15, 0.2) is 42.5 Å². The van der Waals surface area contributed by atoms with Crippen molar-refractivity contribution in [2.75, 3.05) is 19.7 Å². The van der Waals surface area contributed by atoms with Crippen molar-refractivity contribution in [3.8, 4) is 5.75 Å². The summed E-state index contributed by atoms with van der Waals surface area (Å²) in [5, 5.41) is 3.80.